The molecule has 0 unspecified atom stereocenters. The van der Waals surface area contributed by atoms with Crippen molar-refractivity contribution in [3.63, 3.8) is 0 Å². The minimum Gasteiger partial charge on any atom is -0.269 e. The van der Waals surface area contributed by atoms with Gasteiger partial charge in [0.15, 0.2) is 0 Å². The third-order valence-corrected chi connectivity index (χ3v) is 0. The number of rotatable bonds is 0. The molecule has 0 amide bonds. The Labute approximate surface area is 35.6 Å². The Bertz CT molecular complexity index is 96.7. The second-order valence-corrected chi connectivity index (χ2v) is 2.49. The zero-order valence-corrected chi connectivity index (χ0v) is 4.03. The first-order valence-electron chi connectivity index (χ1n) is 0.977. The maximum absolute atomic E-state index is 9.41. The Hall–Kier alpha value is -0.160. The van der Waals surface area contributed by atoms with Crippen molar-refractivity contribution in [1.82, 2.24) is 0 Å². The smallest absolute Gasteiger partial charge is 0.206 e. The van der Waals surface area contributed by atoms with Gasteiger partial charge in [0.1, 0.15) is 0 Å². The van der Waals surface area contributed by atoms with Crippen LogP contribution in [0.3, 0.4) is 0 Å². The van der Waals surface area contributed by atoms with Crippen LogP contribution in [0.15, 0.2) is 0 Å². The molecule has 0 fully saturated rings. The predicted molar refractivity (Wildman–Crippen MR) is 21.5 cm³/mol. The molecule has 6 heavy (non-hydrogen) atoms. The van der Waals surface area contributed by atoms with Gasteiger partial charge in [0.25, 0.3) is 0 Å². The molecule has 0 atom stereocenters. The summed E-state index contributed by atoms with van der Waals surface area (Å²) < 4.78 is 18.8. The van der Waals surface area contributed by atoms with Crippen LogP contribution in [0.1, 0.15) is 0 Å². The van der Waals surface area contributed by atoms with E-state index in [-0.39, 0.29) is 4.70 Å². The molecule has 0 aromatic carbocycles. The molecule has 0 radical (unpaired) electrons. The standard InChI is InChI=1S/CH5NO2S.FH/c1-5(2,3)4;/h1H3,(H2,2,3,4);1H. The predicted octanol–water partition coefficient (Wildman–Crippen LogP) is -0.943. The van der Waals surface area contributed by atoms with Gasteiger partial charge in [-0.1, -0.05) is 0 Å². The molecular weight excluding hydrogens is 109 g/mol. The second-order valence-electron chi connectivity index (χ2n) is 0.830. The number of nitrogens with two attached hydrogens (primary N) is 1. The van der Waals surface area contributed by atoms with Crippen LogP contribution in [0.25, 0.3) is 0 Å². The summed E-state index contributed by atoms with van der Waals surface area (Å²) in [5.74, 6) is 0. The molecule has 0 aromatic heterocycles. The fourth-order valence-electron chi connectivity index (χ4n) is 0. The maximum atomic E-state index is 9.41. The molecule has 40 valence electrons. The Morgan fingerprint density at radius 1 is 1.50 bits per heavy atom. The summed E-state index contributed by atoms with van der Waals surface area (Å²) in [6, 6.07) is 0. The van der Waals surface area contributed by atoms with Gasteiger partial charge in [-0.05, 0) is 0 Å². The summed E-state index contributed by atoms with van der Waals surface area (Å²) in [7, 11) is -3.17. The molecule has 0 bridgehead atoms. The topological polar surface area (TPSA) is 60.2 Å². The van der Waals surface area contributed by atoms with Crippen molar-refractivity contribution in [2.45, 2.75) is 0 Å². The lowest BCUT2D eigenvalue weighted by Gasteiger charge is -1.71. The second kappa shape index (κ2) is 2.09. The molecule has 0 heterocycles. The molecule has 5 heteroatoms. The Kier molecular flexibility index (Phi) is 3.24. The fourth-order valence-corrected chi connectivity index (χ4v) is 0. The highest BCUT2D eigenvalue weighted by atomic mass is 32.2. The molecule has 0 aliphatic carbocycles. The van der Waals surface area contributed by atoms with E-state index in [0.29, 0.717) is 0 Å². The van der Waals surface area contributed by atoms with Crippen molar-refractivity contribution < 1.29 is 13.1 Å². The Morgan fingerprint density at radius 3 is 1.50 bits per heavy atom. The summed E-state index contributed by atoms with van der Waals surface area (Å²) in [5.41, 5.74) is 0. The summed E-state index contributed by atoms with van der Waals surface area (Å²) >= 11 is 0. The highest BCUT2D eigenvalue weighted by Crippen LogP contribution is 1.52. The van der Waals surface area contributed by atoms with Gasteiger partial charge >= 0.3 is 0 Å². The number of hydrogen-bond donors (Lipinski definition) is 1. The van der Waals surface area contributed by atoms with Gasteiger partial charge in [-0.25, -0.2) is 13.6 Å². The van der Waals surface area contributed by atoms with Crippen molar-refractivity contribution >= 4 is 10.0 Å². The molecule has 2 N–H and O–H groups in total. The van der Waals surface area contributed by atoms with Crippen molar-refractivity contribution in [3.8, 4) is 0 Å². The lowest BCUT2D eigenvalue weighted by atomic mass is 12.0. The number of primary sulfonamides is 1. The lowest BCUT2D eigenvalue weighted by molar-refractivity contribution is 0.603. The minimum absolute atomic E-state index is 0. The molecular formula is CH6FNO2S. The van der Waals surface area contributed by atoms with Crippen molar-refractivity contribution in [3.05, 3.63) is 0 Å². The summed E-state index contributed by atoms with van der Waals surface area (Å²) in [4.78, 5) is 0. The van der Waals surface area contributed by atoms with E-state index in [1.165, 1.54) is 0 Å². The van der Waals surface area contributed by atoms with Crippen LogP contribution in [0, 0.1) is 0 Å². The van der Waals surface area contributed by atoms with Gasteiger partial charge in [0, 0.05) is 0 Å². The third kappa shape index (κ3) is 1210. The highest BCUT2D eigenvalue weighted by molar-refractivity contribution is 7.88. The zero-order chi connectivity index (χ0) is 4.50. The van der Waals surface area contributed by atoms with E-state index in [4.69, 9.17) is 0 Å². The van der Waals surface area contributed by atoms with E-state index in [2.05, 4.69) is 5.14 Å². The van der Waals surface area contributed by atoms with E-state index in [1.807, 2.05) is 0 Å². The van der Waals surface area contributed by atoms with Crippen molar-refractivity contribution in [1.29, 1.82) is 0 Å². The van der Waals surface area contributed by atoms with E-state index in [9.17, 15) is 8.42 Å². The van der Waals surface area contributed by atoms with E-state index < -0.39 is 10.0 Å². The average Bonchev–Trinajstić information content (AvgIpc) is 0.722. The van der Waals surface area contributed by atoms with Crippen LogP contribution in [-0.4, -0.2) is 14.7 Å². The maximum Gasteiger partial charge on any atom is 0.206 e. The zero-order valence-electron chi connectivity index (χ0n) is 3.21. The van der Waals surface area contributed by atoms with Gasteiger partial charge in [-0.15, -0.1) is 0 Å². The number of sulfonamides is 1. The molecule has 3 nitrogen and oxygen atoms in total. The first kappa shape index (κ1) is 9.28. The van der Waals surface area contributed by atoms with Gasteiger partial charge in [0.05, 0.1) is 6.26 Å². The normalized spacial score (nSPS) is 9.67. The van der Waals surface area contributed by atoms with Crippen LogP contribution in [0.4, 0.5) is 4.70 Å². The fraction of sp³-hybridized carbons (Fsp3) is 1.00. The molecule has 0 aromatic rings. The summed E-state index contributed by atoms with van der Waals surface area (Å²) in [6.07, 6.45) is 0.938. The van der Waals surface area contributed by atoms with Crippen LogP contribution >= 0.6 is 0 Å². The third-order valence-electron chi connectivity index (χ3n) is 0. The summed E-state index contributed by atoms with van der Waals surface area (Å²) in [5, 5.41) is 4.33. The Morgan fingerprint density at radius 2 is 1.50 bits per heavy atom. The first-order valence-corrected chi connectivity index (χ1v) is 2.93. The number of hydrogen-bond acceptors (Lipinski definition) is 2. The lowest BCUT2D eigenvalue weighted by Crippen LogP contribution is -2.07. The highest BCUT2D eigenvalue weighted by Gasteiger charge is 1.78. The van der Waals surface area contributed by atoms with E-state index in [0.717, 1.165) is 6.26 Å². The van der Waals surface area contributed by atoms with Crippen LogP contribution < -0.4 is 5.14 Å². The van der Waals surface area contributed by atoms with Crippen molar-refractivity contribution in [2.24, 2.45) is 5.14 Å². The van der Waals surface area contributed by atoms with Crippen molar-refractivity contribution in [2.75, 3.05) is 6.26 Å². The van der Waals surface area contributed by atoms with Crippen LogP contribution in [0.5, 0.6) is 0 Å². The SMILES string of the molecule is CS(N)(=O)=O.F. The van der Waals surface area contributed by atoms with Gasteiger partial charge in [-0.2, -0.15) is 0 Å². The molecule has 0 rings (SSSR count). The molecule has 0 aliphatic heterocycles. The molecule has 0 spiro atoms. The number of halogens is 1. The quantitative estimate of drug-likeness (QED) is 0.442. The largest absolute Gasteiger partial charge is 0.269 e. The Balaban J connectivity index is 0. The molecule has 0 saturated heterocycles. The molecule has 0 saturated carbocycles. The minimum atomic E-state index is -3.17. The van der Waals surface area contributed by atoms with Gasteiger partial charge in [0.2, 0.25) is 10.0 Å². The molecule has 0 aliphatic rings. The van der Waals surface area contributed by atoms with E-state index >= 15 is 0 Å². The monoisotopic (exact) mass is 115 g/mol. The first-order chi connectivity index (χ1) is 2.00. The van der Waals surface area contributed by atoms with Crippen LogP contribution in [-0.2, 0) is 10.0 Å². The van der Waals surface area contributed by atoms with E-state index in [1.54, 1.807) is 0 Å². The average molecular weight is 115 g/mol. The summed E-state index contributed by atoms with van der Waals surface area (Å²) in [6.45, 7) is 0. The van der Waals surface area contributed by atoms with Crippen LogP contribution in [0.2, 0.25) is 0 Å². The van der Waals surface area contributed by atoms with Gasteiger partial charge in [-0.3, -0.25) is 4.70 Å². The van der Waals surface area contributed by atoms with Gasteiger partial charge < -0.3 is 0 Å².